The summed E-state index contributed by atoms with van der Waals surface area (Å²) >= 11 is 0. The minimum Gasteiger partial charge on any atom is -0.399 e. The Labute approximate surface area is 162 Å². The van der Waals surface area contributed by atoms with E-state index in [0.29, 0.717) is 5.41 Å². The van der Waals surface area contributed by atoms with Crippen LogP contribution in [-0.4, -0.2) is 13.1 Å². The number of nitrogens with two attached hydrogens (primary N) is 1. The minimum atomic E-state index is 0.331. The van der Waals surface area contributed by atoms with Gasteiger partial charge in [0.25, 0.3) is 0 Å². The van der Waals surface area contributed by atoms with Crippen molar-refractivity contribution in [3.05, 3.63) is 35.9 Å². The van der Waals surface area contributed by atoms with E-state index in [-0.39, 0.29) is 0 Å². The maximum Gasteiger partial charge on any atom is 0.0317 e. The molecular weight excluding hydrogens is 316 g/mol. The molecule has 1 aromatic rings. The molecule has 2 heteroatoms. The van der Waals surface area contributed by atoms with Gasteiger partial charge in [-0.3, -0.25) is 0 Å². The van der Waals surface area contributed by atoms with Crippen molar-refractivity contribution < 1.29 is 0 Å². The van der Waals surface area contributed by atoms with E-state index in [9.17, 15) is 0 Å². The zero-order valence-corrected chi connectivity index (χ0v) is 18.0. The van der Waals surface area contributed by atoms with Gasteiger partial charge in [-0.2, -0.15) is 0 Å². The molecule has 0 saturated carbocycles. The molecule has 1 atom stereocenters. The van der Waals surface area contributed by atoms with Crippen LogP contribution in [0.2, 0.25) is 0 Å². The zero-order chi connectivity index (χ0) is 19.6. The van der Waals surface area contributed by atoms with Crippen molar-refractivity contribution in [1.82, 2.24) is 5.32 Å². The summed E-state index contributed by atoms with van der Waals surface area (Å²) in [5, 5.41) is 3.30. The number of anilines is 1. The quantitative estimate of drug-likeness (QED) is 0.514. The van der Waals surface area contributed by atoms with Crippen molar-refractivity contribution in [2.24, 2.45) is 5.41 Å². The summed E-state index contributed by atoms with van der Waals surface area (Å²) < 4.78 is 0. The van der Waals surface area contributed by atoms with Gasteiger partial charge in [-0.15, -0.1) is 0 Å². The van der Waals surface area contributed by atoms with Crippen molar-refractivity contribution in [2.45, 2.75) is 91.5 Å². The molecule has 1 unspecified atom stereocenters. The standard InChI is InChI=1S/C16H23N.C8H19N/c1-4-9-16(5-2)10-8-13-11-14(17)6-7-15(13)12(16)3;1-4-6-8(9-3)7-5-2/h6-7,11H,3-5,8-10,17H2,1-2H3;8-9H,4-7H2,1-3H3. The minimum absolute atomic E-state index is 0.331. The van der Waals surface area contributed by atoms with Gasteiger partial charge in [0.15, 0.2) is 0 Å². The van der Waals surface area contributed by atoms with Crippen molar-refractivity contribution in [1.29, 1.82) is 0 Å². The molecule has 0 amide bonds. The number of fused-ring (bicyclic) bond motifs is 1. The summed E-state index contributed by atoms with van der Waals surface area (Å²) in [6, 6.07) is 7.04. The topological polar surface area (TPSA) is 38.0 Å². The largest absolute Gasteiger partial charge is 0.399 e. The van der Waals surface area contributed by atoms with E-state index in [4.69, 9.17) is 5.73 Å². The number of allylic oxidation sites excluding steroid dienone is 1. The molecule has 2 nitrogen and oxygen atoms in total. The van der Waals surface area contributed by atoms with Crippen LogP contribution < -0.4 is 11.1 Å². The average molecular weight is 359 g/mol. The maximum atomic E-state index is 5.86. The van der Waals surface area contributed by atoms with Crippen molar-refractivity contribution in [2.75, 3.05) is 12.8 Å². The number of benzene rings is 1. The molecule has 0 heterocycles. The van der Waals surface area contributed by atoms with Crippen molar-refractivity contribution in [3.8, 4) is 0 Å². The molecule has 0 bridgehead atoms. The molecule has 0 saturated heterocycles. The maximum absolute atomic E-state index is 5.86. The van der Waals surface area contributed by atoms with Crippen molar-refractivity contribution in [3.63, 3.8) is 0 Å². The number of hydrogen-bond acceptors (Lipinski definition) is 2. The highest BCUT2D eigenvalue weighted by atomic mass is 14.9. The number of rotatable bonds is 8. The summed E-state index contributed by atoms with van der Waals surface area (Å²) in [6.45, 7) is 13.4. The van der Waals surface area contributed by atoms with Gasteiger partial charge < -0.3 is 11.1 Å². The first kappa shape index (κ1) is 22.8. The van der Waals surface area contributed by atoms with E-state index in [1.54, 1.807) is 0 Å². The van der Waals surface area contributed by atoms with Gasteiger partial charge in [0, 0.05) is 11.7 Å². The Bertz CT molecular complexity index is 543. The monoisotopic (exact) mass is 358 g/mol. The summed E-state index contributed by atoms with van der Waals surface area (Å²) in [7, 11) is 2.05. The summed E-state index contributed by atoms with van der Waals surface area (Å²) in [5.41, 5.74) is 11.1. The van der Waals surface area contributed by atoms with Gasteiger partial charge >= 0.3 is 0 Å². The first-order valence-corrected chi connectivity index (χ1v) is 10.7. The number of aryl methyl sites for hydroxylation is 1. The van der Waals surface area contributed by atoms with Crippen LogP contribution in [0, 0.1) is 5.41 Å². The number of nitrogens with one attached hydrogen (secondary N) is 1. The number of hydrogen-bond donors (Lipinski definition) is 2. The first-order valence-electron chi connectivity index (χ1n) is 10.7. The highest BCUT2D eigenvalue weighted by Crippen LogP contribution is 2.49. The molecule has 26 heavy (non-hydrogen) atoms. The second kappa shape index (κ2) is 11.4. The van der Waals surface area contributed by atoms with Gasteiger partial charge in [-0.25, -0.2) is 0 Å². The molecule has 1 aliphatic carbocycles. The van der Waals surface area contributed by atoms with Crippen LogP contribution in [0.25, 0.3) is 5.57 Å². The molecule has 0 aliphatic heterocycles. The molecule has 0 spiro atoms. The molecule has 1 aromatic carbocycles. The highest BCUT2D eigenvalue weighted by molar-refractivity contribution is 5.74. The van der Waals surface area contributed by atoms with Crippen LogP contribution in [0.1, 0.15) is 90.2 Å². The fourth-order valence-corrected chi connectivity index (χ4v) is 4.38. The lowest BCUT2D eigenvalue weighted by Gasteiger charge is -2.40. The van der Waals surface area contributed by atoms with E-state index in [2.05, 4.69) is 58.8 Å². The molecule has 0 radical (unpaired) electrons. The Morgan fingerprint density at radius 1 is 1.12 bits per heavy atom. The predicted octanol–water partition coefficient (Wildman–Crippen LogP) is 6.60. The van der Waals surface area contributed by atoms with Gasteiger partial charge in [0.05, 0.1) is 0 Å². The van der Waals surface area contributed by atoms with Crippen LogP contribution in [0.5, 0.6) is 0 Å². The SMILES string of the molecule is C=C1c2ccc(N)cc2CCC1(CC)CCC.CCCC(CCC)NC. The Morgan fingerprint density at radius 3 is 2.27 bits per heavy atom. The lowest BCUT2D eigenvalue weighted by atomic mass is 9.64. The molecule has 1 aliphatic rings. The first-order chi connectivity index (χ1) is 12.5. The van der Waals surface area contributed by atoms with E-state index in [1.807, 2.05) is 6.07 Å². The number of nitrogen functional groups attached to an aromatic ring is 1. The van der Waals surface area contributed by atoms with Crippen LogP contribution in [-0.2, 0) is 6.42 Å². The van der Waals surface area contributed by atoms with E-state index in [1.165, 1.54) is 68.1 Å². The molecule has 3 N–H and O–H groups in total. The second-order valence-electron chi connectivity index (χ2n) is 7.84. The summed E-state index contributed by atoms with van der Waals surface area (Å²) in [5.74, 6) is 0. The van der Waals surface area contributed by atoms with Gasteiger partial charge in [0.1, 0.15) is 0 Å². The lowest BCUT2D eigenvalue weighted by molar-refractivity contribution is 0.316. The van der Waals surface area contributed by atoms with Gasteiger partial charge in [0.2, 0.25) is 0 Å². The average Bonchev–Trinajstić information content (AvgIpc) is 2.64. The Hall–Kier alpha value is -1.28. The van der Waals surface area contributed by atoms with E-state index >= 15 is 0 Å². The fraction of sp³-hybridized carbons (Fsp3) is 0.667. The van der Waals surface area contributed by atoms with Crippen LogP contribution in [0.3, 0.4) is 0 Å². The fourth-order valence-electron chi connectivity index (χ4n) is 4.38. The third-order valence-electron chi connectivity index (χ3n) is 6.06. The van der Waals surface area contributed by atoms with Crippen LogP contribution in [0.15, 0.2) is 24.8 Å². The van der Waals surface area contributed by atoms with Gasteiger partial charge in [-0.05, 0) is 79.8 Å². The third-order valence-corrected chi connectivity index (χ3v) is 6.06. The Kier molecular flexibility index (Phi) is 10.0. The normalized spacial score (nSPS) is 19.1. The summed E-state index contributed by atoms with van der Waals surface area (Å²) in [4.78, 5) is 0. The smallest absolute Gasteiger partial charge is 0.0317 e. The van der Waals surface area contributed by atoms with Gasteiger partial charge in [-0.1, -0.05) is 59.6 Å². The summed E-state index contributed by atoms with van der Waals surface area (Å²) in [6.07, 6.45) is 11.3. The second-order valence-corrected chi connectivity index (χ2v) is 7.84. The third kappa shape index (κ3) is 5.87. The Balaban J connectivity index is 0.000000321. The molecule has 2 rings (SSSR count). The molecule has 0 fully saturated rings. The predicted molar refractivity (Wildman–Crippen MR) is 119 cm³/mol. The van der Waals surface area contributed by atoms with Crippen LogP contribution >= 0.6 is 0 Å². The molecular formula is C24H42N2. The molecule has 148 valence electrons. The highest BCUT2D eigenvalue weighted by Gasteiger charge is 2.35. The zero-order valence-electron chi connectivity index (χ0n) is 18.0. The van der Waals surface area contributed by atoms with E-state index < -0.39 is 0 Å². The Morgan fingerprint density at radius 2 is 1.77 bits per heavy atom. The molecule has 0 aromatic heterocycles. The van der Waals surface area contributed by atoms with Crippen LogP contribution in [0.4, 0.5) is 5.69 Å². The van der Waals surface area contributed by atoms with E-state index in [0.717, 1.165) is 18.2 Å². The lowest BCUT2D eigenvalue weighted by Crippen LogP contribution is -2.26. The van der Waals surface area contributed by atoms with Crippen molar-refractivity contribution >= 4 is 11.3 Å².